The molecule has 0 aromatic heterocycles. The van der Waals surface area contributed by atoms with Gasteiger partial charge in [0.15, 0.2) is 0 Å². The van der Waals surface area contributed by atoms with Gasteiger partial charge in [-0.25, -0.2) is 13.1 Å². The minimum absolute atomic E-state index is 0.141. The van der Waals surface area contributed by atoms with Crippen molar-refractivity contribution in [1.29, 1.82) is 0 Å². The number of sulfonamides is 1. The Labute approximate surface area is 121 Å². The molecule has 0 bridgehead atoms. The average molecular weight is 304 g/mol. The van der Waals surface area contributed by atoms with Gasteiger partial charge in [0.05, 0.1) is 5.75 Å². The molecule has 0 heterocycles. The molecule has 0 aliphatic carbocycles. The van der Waals surface area contributed by atoms with Crippen LogP contribution in [0.1, 0.15) is 25.3 Å². The van der Waals surface area contributed by atoms with Crippen molar-refractivity contribution in [2.75, 3.05) is 18.2 Å². The third-order valence-electron chi connectivity index (χ3n) is 2.96. The van der Waals surface area contributed by atoms with Gasteiger partial charge in [0, 0.05) is 12.4 Å². The van der Waals surface area contributed by atoms with Crippen LogP contribution in [-0.2, 0) is 16.4 Å². The van der Waals surface area contributed by atoms with Gasteiger partial charge in [-0.3, -0.25) is 0 Å². The van der Waals surface area contributed by atoms with Crippen LogP contribution in [0.5, 0.6) is 0 Å². The van der Waals surface area contributed by atoms with Gasteiger partial charge in [-0.05, 0) is 30.7 Å². The molecule has 0 saturated carbocycles. The second kappa shape index (κ2) is 8.56. The summed E-state index contributed by atoms with van der Waals surface area (Å²) in [5, 5.41) is 0. The molecule has 0 aliphatic heterocycles. The van der Waals surface area contributed by atoms with Gasteiger partial charge < -0.3 is 0 Å². The van der Waals surface area contributed by atoms with Crippen LogP contribution in [-0.4, -0.2) is 26.6 Å². The maximum absolute atomic E-state index is 11.8. The summed E-state index contributed by atoms with van der Waals surface area (Å²) in [5.74, 6) is 1.21. The Morgan fingerprint density at radius 3 is 2.58 bits per heavy atom. The first-order valence-electron chi connectivity index (χ1n) is 6.61. The van der Waals surface area contributed by atoms with Crippen molar-refractivity contribution in [3.8, 4) is 0 Å². The van der Waals surface area contributed by atoms with Gasteiger partial charge in [-0.15, -0.1) is 11.6 Å². The lowest BCUT2D eigenvalue weighted by Crippen LogP contribution is -2.28. The zero-order valence-corrected chi connectivity index (χ0v) is 12.9. The second-order valence-electron chi connectivity index (χ2n) is 4.85. The van der Waals surface area contributed by atoms with E-state index in [0.717, 1.165) is 18.4 Å². The van der Waals surface area contributed by atoms with Crippen LogP contribution in [0.4, 0.5) is 0 Å². The topological polar surface area (TPSA) is 46.2 Å². The minimum atomic E-state index is -3.17. The maximum Gasteiger partial charge on any atom is 0.211 e. The second-order valence-corrected chi connectivity index (χ2v) is 7.09. The molecule has 1 rings (SSSR count). The molecule has 1 aromatic carbocycles. The number of hydrogen-bond acceptors (Lipinski definition) is 2. The lowest BCUT2D eigenvalue weighted by atomic mass is 10.1. The van der Waals surface area contributed by atoms with Crippen molar-refractivity contribution in [2.45, 2.75) is 26.2 Å². The number of aryl methyl sites for hydroxylation is 1. The van der Waals surface area contributed by atoms with E-state index in [9.17, 15) is 8.42 Å². The fraction of sp³-hybridized carbons (Fsp3) is 0.571. The van der Waals surface area contributed by atoms with Crippen LogP contribution in [0.2, 0.25) is 0 Å². The normalized spacial score (nSPS) is 13.4. The summed E-state index contributed by atoms with van der Waals surface area (Å²) in [4.78, 5) is 0. The van der Waals surface area contributed by atoms with Crippen molar-refractivity contribution in [3.05, 3.63) is 35.9 Å². The third-order valence-corrected chi connectivity index (χ3v) is 4.87. The van der Waals surface area contributed by atoms with E-state index >= 15 is 0 Å². The van der Waals surface area contributed by atoms with Crippen molar-refractivity contribution in [2.24, 2.45) is 5.92 Å². The number of alkyl halides is 1. The van der Waals surface area contributed by atoms with Crippen LogP contribution in [0.25, 0.3) is 0 Å². The molecule has 1 aromatic rings. The van der Waals surface area contributed by atoms with Crippen molar-refractivity contribution >= 4 is 21.6 Å². The van der Waals surface area contributed by atoms with Crippen LogP contribution >= 0.6 is 11.6 Å². The first kappa shape index (κ1) is 16.5. The van der Waals surface area contributed by atoms with Crippen LogP contribution in [0, 0.1) is 5.92 Å². The first-order valence-corrected chi connectivity index (χ1v) is 8.79. The molecular formula is C14H22ClNO2S. The lowest BCUT2D eigenvalue weighted by molar-refractivity contribution is 0.543. The Kier molecular flexibility index (Phi) is 7.42. The van der Waals surface area contributed by atoms with Crippen LogP contribution < -0.4 is 4.72 Å². The standard InChI is InChI=1S/C14H22ClNO2S/c1-13(12-15)6-5-10-16-19(17,18)11-9-14-7-3-2-4-8-14/h2-4,7-8,13,16H,5-6,9-12H2,1H3. The van der Waals surface area contributed by atoms with E-state index in [-0.39, 0.29) is 5.75 Å². The van der Waals surface area contributed by atoms with E-state index < -0.39 is 10.0 Å². The molecule has 0 aliphatic rings. The molecule has 108 valence electrons. The fourth-order valence-electron chi connectivity index (χ4n) is 1.72. The lowest BCUT2D eigenvalue weighted by Gasteiger charge is -2.09. The molecule has 1 unspecified atom stereocenters. The summed E-state index contributed by atoms with van der Waals surface area (Å²) >= 11 is 5.70. The van der Waals surface area contributed by atoms with Crippen molar-refractivity contribution in [1.82, 2.24) is 4.72 Å². The molecule has 3 nitrogen and oxygen atoms in total. The highest BCUT2D eigenvalue weighted by Crippen LogP contribution is 2.06. The van der Waals surface area contributed by atoms with Gasteiger partial charge >= 0.3 is 0 Å². The average Bonchev–Trinajstić information content (AvgIpc) is 2.42. The van der Waals surface area contributed by atoms with E-state index in [4.69, 9.17) is 11.6 Å². The number of halogens is 1. The quantitative estimate of drug-likeness (QED) is 0.563. The van der Waals surface area contributed by atoms with E-state index in [1.807, 2.05) is 30.3 Å². The Balaban J connectivity index is 2.25. The molecule has 0 fully saturated rings. The Bertz CT molecular complexity index is 448. The Morgan fingerprint density at radius 1 is 1.26 bits per heavy atom. The Hall–Kier alpha value is -0.580. The molecule has 5 heteroatoms. The predicted octanol–water partition coefficient (Wildman–Crippen LogP) is 2.80. The summed E-state index contributed by atoms with van der Waals surface area (Å²) in [7, 11) is -3.17. The first-order chi connectivity index (χ1) is 9.03. The SMILES string of the molecule is CC(CCl)CCCNS(=O)(=O)CCc1ccccc1. The van der Waals surface area contributed by atoms with Crippen LogP contribution in [0.15, 0.2) is 30.3 Å². The van der Waals surface area contributed by atoms with Gasteiger partial charge in [0.2, 0.25) is 10.0 Å². The summed E-state index contributed by atoms with van der Waals surface area (Å²) in [6, 6.07) is 9.65. The summed E-state index contributed by atoms with van der Waals surface area (Å²) in [5.41, 5.74) is 1.05. The number of nitrogens with one attached hydrogen (secondary N) is 1. The number of hydrogen-bond donors (Lipinski definition) is 1. The number of rotatable bonds is 9. The van der Waals surface area contributed by atoms with Crippen molar-refractivity contribution in [3.63, 3.8) is 0 Å². The monoisotopic (exact) mass is 303 g/mol. The molecule has 1 atom stereocenters. The number of benzene rings is 1. The third kappa shape index (κ3) is 7.55. The van der Waals surface area contributed by atoms with E-state index in [2.05, 4.69) is 11.6 Å². The Morgan fingerprint density at radius 2 is 1.95 bits per heavy atom. The van der Waals surface area contributed by atoms with Gasteiger partial charge in [-0.2, -0.15) is 0 Å². The maximum atomic E-state index is 11.8. The van der Waals surface area contributed by atoms with E-state index in [0.29, 0.717) is 24.8 Å². The largest absolute Gasteiger partial charge is 0.215 e. The fourth-order valence-corrected chi connectivity index (χ4v) is 2.98. The summed E-state index contributed by atoms with van der Waals surface area (Å²) in [6.45, 7) is 2.56. The molecular weight excluding hydrogens is 282 g/mol. The summed E-state index contributed by atoms with van der Waals surface area (Å²) in [6.07, 6.45) is 2.33. The molecule has 0 spiro atoms. The molecule has 1 N–H and O–H groups in total. The van der Waals surface area contributed by atoms with E-state index in [1.165, 1.54) is 0 Å². The molecule has 0 saturated heterocycles. The highest BCUT2D eigenvalue weighted by atomic mass is 35.5. The van der Waals surface area contributed by atoms with E-state index in [1.54, 1.807) is 0 Å². The van der Waals surface area contributed by atoms with Crippen LogP contribution in [0.3, 0.4) is 0 Å². The zero-order chi connectivity index (χ0) is 14.1. The molecule has 0 amide bonds. The molecule has 0 radical (unpaired) electrons. The van der Waals surface area contributed by atoms with Gasteiger partial charge in [0.1, 0.15) is 0 Å². The highest BCUT2D eigenvalue weighted by Gasteiger charge is 2.10. The summed E-state index contributed by atoms with van der Waals surface area (Å²) < 4.78 is 26.2. The smallest absolute Gasteiger partial charge is 0.211 e. The minimum Gasteiger partial charge on any atom is -0.215 e. The predicted molar refractivity (Wildman–Crippen MR) is 81.1 cm³/mol. The highest BCUT2D eigenvalue weighted by molar-refractivity contribution is 7.89. The zero-order valence-electron chi connectivity index (χ0n) is 11.3. The van der Waals surface area contributed by atoms with Gasteiger partial charge in [0.25, 0.3) is 0 Å². The van der Waals surface area contributed by atoms with Crippen molar-refractivity contribution < 1.29 is 8.42 Å². The van der Waals surface area contributed by atoms with Gasteiger partial charge in [-0.1, -0.05) is 37.3 Å². The molecule has 19 heavy (non-hydrogen) atoms.